The predicted octanol–water partition coefficient (Wildman–Crippen LogP) is 2.25. The lowest BCUT2D eigenvalue weighted by Gasteiger charge is -2.22. The third-order valence-electron chi connectivity index (χ3n) is 2.89. The van der Waals surface area contributed by atoms with Crippen molar-refractivity contribution in [1.29, 1.82) is 0 Å². The molecule has 0 amide bonds. The van der Waals surface area contributed by atoms with Crippen molar-refractivity contribution in [2.24, 2.45) is 0 Å². The molecule has 1 aliphatic rings. The highest BCUT2D eigenvalue weighted by Gasteiger charge is 2.38. The van der Waals surface area contributed by atoms with Crippen LogP contribution in [0.5, 0.6) is 0 Å². The van der Waals surface area contributed by atoms with Crippen LogP contribution in [0.2, 0.25) is 0 Å². The largest absolute Gasteiger partial charge is 0.383 e. The van der Waals surface area contributed by atoms with E-state index in [-0.39, 0.29) is 6.04 Å². The first-order valence-electron chi connectivity index (χ1n) is 5.82. The molecule has 0 aliphatic heterocycles. The summed E-state index contributed by atoms with van der Waals surface area (Å²) >= 11 is 3.30. The molecule has 0 unspecified atom stereocenters. The van der Waals surface area contributed by atoms with Gasteiger partial charge in [0.05, 0.1) is 11.5 Å². The summed E-state index contributed by atoms with van der Waals surface area (Å²) in [5.74, 6) is 0. The fourth-order valence-electron chi connectivity index (χ4n) is 1.82. The Hall–Kier alpha value is -0.430. The molecule has 0 N–H and O–H groups in total. The van der Waals surface area contributed by atoms with E-state index in [9.17, 15) is 8.42 Å². The van der Waals surface area contributed by atoms with Gasteiger partial charge in [0.2, 0.25) is 10.0 Å². The Balaban J connectivity index is 2.30. The van der Waals surface area contributed by atoms with E-state index in [1.54, 1.807) is 35.7 Å². The topological polar surface area (TPSA) is 46.6 Å². The minimum absolute atomic E-state index is 0.136. The Labute approximate surface area is 116 Å². The van der Waals surface area contributed by atoms with Crippen molar-refractivity contribution in [3.63, 3.8) is 0 Å². The zero-order chi connectivity index (χ0) is 13.2. The molecule has 0 saturated heterocycles. The molecular weight excluding hydrogens is 318 g/mol. The first-order chi connectivity index (χ1) is 8.57. The molecule has 6 heteroatoms. The highest BCUT2D eigenvalue weighted by atomic mass is 79.9. The van der Waals surface area contributed by atoms with Crippen LogP contribution in [0.15, 0.2) is 33.6 Å². The number of hydrogen-bond acceptors (Lipinski definition) is 3. The summed E-state index contributed by atoms with van der Waals surface area (Å²) in [4.78, 5) is 0.327. The van der Waals surface area contributed by atoms with Gasteiger partial charge in [-0.25, -0.2) is 8.42 Å². The molecule has 2 rings (SSSR count). The van der Waals surface area contributed by atoms with Crippen molar-refractivity contribution in [2.75, 3.05) is 20.3 Å². The fourth-order valence-corrected chi connectivity index (χ4v) is 4.46. The molecule has 100 valence electrons. The van der Waals surface area contributed by atoms with Crippen LogP contribution in [0.25, 0.3) is 0 Å². The van der Waals surface area contributed by atoms with Crippen LogP contribution in [0.3, 0.4) is 0 Å². The molecule has 1 saturated carbocycles. The van der Waals surface area contributed by atoms with Gasteiger partial charge in [-0.3, -0.25) is 0 Å². The molecular formula is C12H16BrNO3S. The van der Waals surface area contributed by atoms with E-state index in [1.807, 2.05) is 0 Å². The van der Waals surface area contributed by atoms with Crippen molar-refractivity contribution in [1.82, 2.24) is 4.31 Å². The average Bonchev–Trinajstić information content (AvgIpc) is 3.14. The van der Waals surface area contributed by atoms with Crippen LogP contribution in [0.1, 0.15) is 12.8 Å². The van der Waals surface area contributed by atoms with Gasteiger partial charge in [0.25, 0.3) is 0 Å². The summed E-state index contributed by atoms with van der Waals surface area (Å²) in [7, 11) is -1.85. The average molecular weight is 334 g/mol. The lowest BCUT2D eigenvalue weighted by molar-refractivity contribution is 0.177. The van der Waals surface area contributed by atoms with Gasteiger partial charge in [0, 0.05) is 24.2 Å². The van der Waals surface area contributed by atoms with Crippen LogP contribution in [0.4, 0.5) is 0 Å². The quantitative estimate of drug-likeness (QED) is 0.802. The van der Waals surface area contributed by atoms with Crippen LogP contribution < -0.4 is 0 Å². The number of hydrogen-bond donors (Lipinski definition) is 0. The monoisotopic (exact) mass is 333 g/mol. The summed E-state index contributed by atoms with van der Waals surface area (Å²) in [6.45, 7) is 0.824. The van der Waals surface area contributed by atoms with Gasteiger partial charge >= 0.3 is 0 Å². The van der Waals surface area contributed by atoms with Gasteiger partial charge in [-0.1, -0.05) is 12.1 Å². The van der Waals surface area contributed by atoms with Gasteiger partial charge in [-0.2, -0.15) is 4.31 Å². The van der Waals surface area contributed by atoms with Gasteiger partial charge in [-0.05, 0) is 40.9 Å². The second kappa shape index (κ2) is 5.69. The third kappa shape index (κ3) is 2.93. The summed E-state index contributed by atoms with van der Waals surface area (Å²) in [6, 6.07) is 7.05. The Kier molecular flexibility index (Phi) is 4.42. The molecule has 1 aromatic carbocycles. The third-order valence-corrected chi connectivity index (χ3v) is 5.86. The second-order valence-corrected chi connectivity index (χ2v) is 6.98. The molecule has 18 heavy (non-hydrogen) atoms. The van der Waals surface area contributed by atoms with Crippen LogP contribution in [-0.4, -0.2) is 39.0 Å². The van der Waals surface area contributed by atoms with Crippen molar-refractivity contribution in [3.05, 3.63) is 28.7 Å². The molecule has 1 aliphatic carbocycles. The standard InChI is InChI=1S/C12H16BrNO3S/c1-17-9-8-14(10-6-7-10)18(15,16)12-5-3-2-4-11(12)13/h2-5,10H,6-9H2,1H3. The van der Waals surface area contributed by atoms with E-state index in [0.29, 0.717) is 22.5 Å². The SMILES string of the molecule is COCCN(C1CC1)S(=O)(=O)c1ccccc1Br. The van der Waals surface area contributed by atoms with E-state index in [4.69, 9.17) is 4.74 Å². The highest BCUT2D eigenvalue weighted by Crippen LogP contribution is 2.33. The zero-order valence-corrected chi connectivity index (χ0v) is 12.6. The van der Waals surface area contributed by atoms with E-state index in [1.165, 1.54) is 0 Å². The Morgan fingerprint density at radius 1 is 1.39 bits per heavy atom. The number of sulfonamides is 1. The lowest BCUT2D eigenvalue weighted by Crippen LogP contribution is -2.36. The molecule has 0 spiro atoms. The highest BCUT2D eigenvalue weighted by molar-refractivity contribution is 9.10. The summed E-state index contributed by atoms with van der Waals surface area (Å²) < 4.78 is 32.3. The zero-order valence-electron chi connectivity index (χ0n) is 10.2. The van der Waals surface area contributed by atoms with Crippen molar-refractivity contribution >= 4 is 26.0 Å². The first kappa shape index (κ1) is 14.0. The molecule has 0 heterocycles. The number of halogens is 1. The number of methoxy groups -OCH3 is 1. The first-order valence-corrected chi connectivity index (χ1v) is 8.06. The summed E-state index contributed by atoms with van der Waals surface area (Å²) in [6.07, 6.45) is 1.88. The molecule has 0 bridgehead atoms. The molecule has 1 fully saturated rings. The maximum absolute atomic E-state index is 12.6. The van der Waals surface area contributed by atoms with E-state index in [0.717, 1.165) is 12.8 Å². The van der Waals surface area contributed by atoms with Gasteiger partial charge < -0.3 is 4.74 Å². The second-order valence-electron chi connectivity index (χ2n) is 4.27. The summed E-state index contributed by atoms with van der Waals surface area (Å²) in [5.41, 5.74) is 0. The molecule has 0 aromatic heterocycles. The molecule has 0 radical (unpaired) electrons. The minimum Gasteiger partial charge on any atom is -0.383 e. The van der Waals surface area contributed by atoms with Gasteiger partial charge in [-0.15, -0.1) is 0 Å². The van der Waals surface area contributed by atoms with Crippen LogP contribution in [-0.2, 0) is 14.8 Å². The predicted molar refractivity (Wildman–Crippen MR) is 72.9 cm³/mol. The smallest absolute Gasteiger partial charge is 0.244 e. The Morgan fingerprint density at radius 2 is 2.06 bits per heavy atom. The fraction of sp³-hybridized carbons (Fsp3) is 0.500. The number of nitrogens with zero attached hydrogens (tertiary/aromatic N) is 1. The number of ether oxygens (including phenoxy) is 1. The van der Waals surface area contributed by atoms with E-state index < -0.39 is 10.0 Å². The van der Waals surface area contributed by atoms with Crippen molar-refractivity contribution in [2.45, 2.75) is 23.8 Å². The van der Waals surface area contributed by atoms with Gasteiger partial charge in [0.15, 0.2) is 0 Å². The normalized spacial score (nSPS) is 16.2. The maximum atomic E-state index is 12.6. The van der Waals surface area contributed by atoms with Crippen LogP contribution >= 0.6 is 15.9 Å². The molecule has 4 nitrogen and oxygen atoms in total. The molecule has 0 atom stereocenters. The Morgan fingerprint density at radius 3 is 2.61 bits per heavy atom. The molecule has 1 aromatic rings. The van der Waals surface area contributed by atoms with Crippen LogP contribution in [0, 0.1) is 0 Å². The minimum atomic E-state index is -3.43. The number of benzene rings is 1. The van der Waals surface area contributed by atoms with E-state index in [2.05, 4.69) is 15.9 Å². The number of rotatable bonds is 6. The maximum Gasteiger partial charge on any atom is 0.244 e. The Bertz CT molecular complexity index is 514. The van der Waals surface area contributed by atoms with E-state index >= 15 is 0 Å². The van der Waals surface area contributed by atoms with Crippen molar-refractivity contribution in [3.8, 4) is 0 Å². The van der Waals surface area contributed by atoms with Gasteiger partial charge in [0.1, 0.15) is 0 Å². The summed E-state index contributed by atoms with van der Waals surface area (Å²) in [5, 5.41) is 0. The van der Waals surface area contributed by atoms with Crippen molar-refractivity contribution < 1.29 is 13.2 Å². The lowest BCUT2D eigenvalue weighted by atomic mass is 10.4.